The molecule has 3 rings (SSSR count). The number of benzene rings is 1. The van der Waals surface area contributed by atoms with Crippen LogP contribution in [0.4, 0.5) is 0 Å². The number of hydrogen-bond acceptors (Lipinski definition) is 6. The molecule has 0 aliphatic carbocycles. The fraction of sp³-hybridized carbons (Fsp3) is 0.333. The maximum Gasteiger partial charge on any atom is 0.267 e. The maximum atomic E-state index is 12.3. The van der Waals surface area contributed by atoms with Crippen LogP contribution in [0.1, 0.15) is 29.9 Å². The summed E-state index contributed by atoms with van der Waals surface area (Å²) in [5.74, 6) is 0.678. The van der Waals surface area contributed by atoms with Crippen LogP contribution in [0, 0.1) is 0 Å². The molecular weight excluding hydrogens is 410 g/mol. The highest BCUT2D eigenvalue weighted by Gasteiger charge is 2.14. The molecule has 2 aromatic heterocycles. The molecule has 3 aromatic rings. The predicted octanol–water partition coefficient (Wildman–Crippen LogP) is 3.18. The Hall–Kier alpha value is -3.36. The zero-order chi connectivity index (χ0) is 22.9. The summed E-state index contributed by atoms with van der Waals surface area (Å²) in [7, 11) is 1.62. The molecule has 0 spiro atoms. The quantitative estimate of drug-likeness (QED) is 0.424. The van der Waals surface area contributed by atoms with E-state index in [2.05, 4.69) is 15.3 Å². The van der Waals surface area contributed by atoms with Gasteiger partial charge in [-0.3, -0.25) is 4.79 Å². The predicted molar refractivity (Wildman–Crippen MR) is 121 cm³/mol. The Labute approximate surface area is 187 Å². The third-order valence-corrected chi connectivity index (χ3v) is 4.51. The van der Waals surface area contributed by atoms with E-state index in [1.54, 1.807) is 38.3 Å². The van der Waals surface area contributed by atoms with Gasteiger partial charge >= 0.3 is 0 Å². The first-order valence-electron chi connectivity index (χ1n) is 10.4. The number of hydrogen-bond donors (Lipinski definition) is 3. The highest BCUT2D eigenvalue weighted by atomic mass is 16.5. The number of ether oxygens (including phenoxy) is 3. The van der Waals surface area contributed by atoms with Gasteiger partial charge in [0.1, 0.15) is 24.2 Å². The number of nitrogens with zero attached hydrogens (tertiary/aromatic N) is 1. The van der Waals surface area contributed by atoms with Gasteiger partial charge in [-0.15, -0.1) is 0 Å². The van der Waals surface area contributed by atoms with E-state index >= 15 is 0 Å². The molecule has 170 valence electrons. The summed E-state index contributed by atoms with van der Waals surface area (Å²) >= 11 is 0. The Balaban J connectivity index is 1.82. The lowest BCUT2D eigenvalue weighted by molar-refractivity contribution is 0.0917. The van der Waals surface area contributed by atoms with E-state index in [0.717, 1.165) is 5.56 Å². The van der Waals surface area contributed by atoms with E-state index in [4.69, 9.17) is 14.2 Å². The summed E-state index contributed by atoms with van der Waals surface area (Å²) in [6, 6.07) is 16.8. The van der Waals surface area contributed by atoms with Crippen LogP contribution in [-0.4, -0.2) is 53.5 Å². The minimum atomic E-state index is -0.623. The van der Waals surface area contributed by atoms with Crippen molar-refractivity contribution in [3.63, 3.8) is 0 Å². The molecule has 1 aromatic carbocycles. The van der Waals surface area contributed by atoms with Crippen molar-refractivity contribution < 1.29 is 24.1 Å². The van der Waals surface area contributed by atoms with Crippen LogP contribution >= 0.6 is 0 Å². The number of pyridine rings is 1. The number of H-pyrrole nitrogens is 1. The first-order valence-corrected chi connectivity index (χ1v) is 10.4. The van der Waals surface area contributed by atoms with Crippen LogP contribution in [0.25, 0.3) is 11.4 Å². The van der Waals surface area contributed by atoms with Crippen molar-refractivity contribution in [3.05, 3.63) is 65.9 Å². The smallest absolute Gasteiger partial charge is 0.267 e. The Morgan fingerprint density at radius 2 is 1.94 bits per heavy atom. The lowest BCUT2D eigenvalue weighted by Crippen LogP contribution is -2.30. The van der Waals surface area contributed by atoms with Crippen molar-refractivity contribution in [2.45, 2.75) is 32.7 Å². The topological polar surface area (TPSA) is 106 Å². The van der Waals surface area contributed by atoms with E-state index in [1.165, 1.54) is 0 Å². The number of methoxy groups -OCH3 is 1. The zero-order valence-electron chi connectivity index (χ0n) is 18.5. The largest absolute Gasteiger partial charge is 0.488 e. The monoisotopic (exact) mass is 439 g/mol. The van der Waals surface area contributed by atoms with Gasteiger partial charge in [0, 0.05) is 25.8 Å². The van der Waals surface area contributed by atoms with Gasteiger partial charge in [0.2, 0.25) is 5.88 Å². The van der Waals surface area contributed by atoms with Crippen LogP contribution in [0.3, 0.4) is 0 Å². The summed E-state index contributed by atoms with van der Waals surface area (Å²) in [5, 5.41) is 12.0. The fourth-order valence-corrected chi connectivity index (χ4v) is 3.01. The Morgan fingerprint density at radius 3 is 2.66 bits per heavy atom. The molecule has 0 saturated heterocycles. The fourth-order valence-electron chi connectivity index (χ4n) is 3.01. The molecular formula is C24H29N3O5. The van der Waals surface area contributed by atoms with Crippen molar-refractivity contribution in [3.8, 4) is 23.0 Å². The minimum absolute atomic E-state index is 0.164. The van der Waals surface area contributed by atoms with Gasteiger partial charge in [0.25, 0.3) is 5.91 Å². The van der Waals surface area contributed by atoms with Crippen LogP contribution in [0.15, 0.2) is 54.6 Å². The Bertz CT molecular complexity index is 1000. The Kier molecular flexibility index (Phi) is 8.24. The molecule has 0 saturated carbocycles. The zero-order valence-corrected chi connectivity index (χ0v) is 18.5. The molecule has 1 amide bonds. The number of carbonyl (C=O) groups excluding carboxylic acids is 1. The number of aliphatic hydroxyl groups is 1. The number of amides is 1. The number of aliphatic hydroxyl groups excluding tert-OH is 1. The van der Waals surface area contributed by atoms with Gasteiger partial charge in [-0.2, -0.15) is 0 Å². The van der Waals surface area contributed by atoms with E-state index in [-0.39, 0.29) is 18.6 Å². The molecule has 2 heterocycles. The van der Waals surface area contributed by atoms with Crippen LogP contribution in [0.2, 0.25) is 0 Å². The first kappa shape index (κ1) is 23.3. The van der Waals surface area contributed by atoms with Crippen LogP contribution in [-0.2, 0) is 11.3 Å². The van der Waals surface area contributed by atoms with Gasteiger partial charge in [0.15, 0.2) is 0 Å². The van der Waals surface area contributed by atoms with Gasteiger partial charge in [-0.25, -0.2) is 4.98 Å². The standard InChI is InChI=1S/C24H29N3O5/c1-16(28)13-25-24(29)21-10-9-20(26-21)22-11-19(32-17(2)14-30-3)12-23(27-22)31-15-18-7-5-4-6-8-18/h4-12,16-17,26,28H,13-15H2,1-3H3,(H,25,29)/t16-,17+/m1/s1. The average molecular weight is 440 g/mol. The SMILES string of the molecule is COC[C@H](C)Oc1cc(OCc2ccccc2)nc(-c2ccc(C(=O)NC[C@@H](C)O)[nH]2)c1. The molecule has 8 heteroatoms. The molecule has 0 fully saturated rings. The summed E-state index contributed by atoms with van der Waals surface area (Å²) in [4.78, 5) is 19.9. The van der Waals surface area contributed by atoms with Crippen LogP contribution < -0.4 is 14.8 Å². The second-order valence-electron chi connectivity index (χ2n) is 7.53. The average Bonchev–Trinajstić information content (AvgIpc) is 3.27. The van der Waals surface area contributed by atoms with Gasteiger partial charge in [0.05, 0.1) is 24.1 Å². The van der Waals surface area contributed by atoms with E-state index in [1.807, 2.05) is 37.3 Å². The molecule has 0 unspecified atom stereocenters. The van der Waals surface area contributed by atoms with Gasteiger partial charge in [-0.05, 0) is 31.5 Å². The second-order valence-corrected chi connectivity index (χ2v) is 7.53. The Morgan fingerprint density at radius 1 is 1.16 bits per heavy atom. The molecule has 2 atom stereocenters. The maximum absolute atomic E-state index is 12.3. The molecule has 0 aliphatic rings. The summed E-state index contributed by atoms with van der Waals surface area (Å²) < 4.78 is 17.0. The summed E-state index contributed by atoms with van der Waals surface area (Å²) in [6.45, 7) is 4.49. The molecule has 0 radical (unpaired) electrons. The highest BCUT2D eigenvalue weighted by Crippen LogP contribution is 2.27. The van der Waals surface area contributed by atoms with E-state index < -0.39 is 6.10 Å². The number of carbonyl (C=O) groups is 1. The molecule has 0 aliphatic heterocycles. The summed E-state index contributed by atoms with van der Waals surface area (Å²) in [5.41, 5.74) is 2.60. The van der Waals surface area contributed by atoms with Crippen molar-refractivity contribution in [1.29, 1.82) is 0 Å². The van der Waals surface area contributed by atoms with Crippen molar-refractivity contribution >= 4 is 5.91 Å². The normalized spacial score (nSPS) is 12.8. The van der Waals surface area contributed by atoms with Crippen molar-refractivity contribution in [1.82, 2.24) is 15.3 Å². The van der Waals surface area contributed by atoms with E-state index in [9.17, 15) is 9.90 Å². The number of aromatic amines is 1. The number of rotatable bonds is 11. The van der Waals surface area contributed by atoms with Crippen LogP contribution in [0.5, 0.6) is 11.6 Å². The van der Waals surface area contributed by atoms with E-state index in [0.29, 0.717) is 41.9 Å². The first-order chi connectivity index (χ1) is 15.4. The number of nitrogens with one attached hydrogen (secondary N) is 2. The molecule has 3 N–H and O–H groups in total. The molecule has 0 bridgehead atoms. The third-order valence-electron chi connectivity index (χ3n) is 4.51. The third kappa shape index (κ3) is 6.83. The highest BCUT2D eigenvalue weighted by molar-refractivity contribution is 5.93. The van der Waals surface area contributed by atoms with Gasteiger partial charge in [-0.1, -0.05) is 30.3 Å². The van der Waals surface area contributed by atoms with Crippen molar-refractivity contribution in [2.75, 3.05) is 20.3 Å². The lowest BCUT2D eigenvalue weighted by Gasteiger charge is -2.15. The molecule has 32 heavy (non-hydrogen) atoms. The summed E-state index contributed by atoms with van der Waals surface area (Å²) in [6.07, 6.45) is -0.787. The minimum Gasteiger partial charge on any atom is -0.488 e. The number of aromatic nitrogens is 2. The lowest BCUT2D eigenvalue weighted by atomic mass is 10.2. The van der Waals surface area contributed by atoms with Crippen molar-refractivity contribution in [2.24, 2.45) is 0 Å². The van der Waals surface area contributed by atoms with Gasteiger partial charge < -0.3 is 29.6 Å². The molecule has 8 nitrogen and oxygen atoms in total. The second kappa shape index (κ2) is 11.3.